The number of nitrogens with one attached hydrogen (secondary N) is 2. The van der Waals surface area contributed by atoms with Crippen molar-refractivity contribution in [1.82, 2.24) is 9.97 Å². The van der Waals surface area contributed by atoms with Crippen LogP contribution in [0.4, 0.5) is 5.69 Å². The van der Waals surface area contributed by atoms with E-state index in [-0.39, 0.29) is 5.78 Å². The van der Waals surface area contributed by atoms with E-state index in [4.69, 9.17) is 6.57 Å². The number of ketones is 1. The molecule has 0 saturated carbocycles. The average Bonchev–Trinajstić information content (AvgIpc) is 3.19. The van der Waals surface area contributed by atoms with E-state index >= 15 is 0 Å². The Morgan fingerprint density at radius 3 is 1.96 bits per heavy atom. The maximum Gasteiger partial charge on any atom is 0.208 e. The fourth-order valence-corrected chi connectivity index (χ4v) is 3.86. The monoisotopic (exact) mass is 323 g/mol. The summed E-state index contributed by atoms with van der Waals surface area (Å²) in [7, 11) is 0. The van der Waals surface area contributed by atoms with Crippen LogP contribution in [0.15, 0.2) is 48.5 Å². The van der Waals surface area contributed by atoms with Gasteiger partial charge in [-0.05, 0) is 24.4 Å². The van der Waals surface area contributed by atoms with E-state index in [2.05, 4.69) is 14.8 Å². The van der Waals surface area contributed by atoms with E-state index < -0.39 is 0 Å². The summed E-state index contributed by atoms with van der Waals surface area (Å²) >= 11 is 0. The SMILES string of the molecule is [C-]#[N+]c1c(C(C)=O)c2c3ccccc3[nH]c2c2[nH]c3ccccc3c12. The topological polar surface area (TPSA) is 53.0 Å². The first kappa shape index (κ1) is 13.8. The van der Waals surface area contributed by atoms with Gasteiger partial charge in [0.05, 0.1) is 17.6 Å². The molecule has 118 valence electrons. The second-order valence-electron chi connectivity index (χ2n) is 6.23. The molecule has 2 N–H and O–H groups in total. The van der Waals surface area contributed by atoms with Crippen LogP contribution in [0.25, 0.3) is 48.5 Å². The molecule has 0 bridgehead atoms. The van der Waals surface area contributed by atoms with Gasteiger partial charge in [-0.3, -0.25) is 4.79 Å². The van der Waals surface area contributed by atoms with Gasteiger partial charge in [0.1, 0.15) is 5.78 Å². The summed E-state index contributed by atoms with van der Waals surface area (Å²) in [4.78, 5) is 23.2. The maximum absolute atomic E-state index is 12.5. The zero-order chi connectivity index (χ0) is 17.1. The Balaban J connectivity index is 2.22. The van der Waals surface area contributed by atoms with E-state index in [9.17, 15) is 4.79 Å². The summed E-state index contributed by atoms with van der Waals surface area (Å²) in [5.41, 5.74) is 4.61. The molecule has 0 amide bonds. The number of fused-ring (bicyclic) bond motifs is 7. The molecule has 2 heterocycles. The van der Waals surface area contributed by atoms with Crippen LogP contribution in [-0.2, 0) is 0 Å². The molecule has 0 aliphatic carbocycles. The smallest absolute Gasteiger partial charge is 0.208 e. The standard InChI is InChI=1S/C21H13N3O/c1-11(25)16-17-12-7-3-5-9-14(12)23-20(17)21-18(19(16)22-2)13-8-4-6-10-15(13)24-21/h3-10,23-24H,1H3. The van der Waals surface area contributed by atoms with E-state index in [1.54, 1.807) is 0 Å². The Kier molecular flexibility index (Phi) is 2.61. The van der Waals surface area contributed by atoms with Gasteiger partial charge in [-0.15, -0.1) is 0 Å². The molecule has 0 spiro atoms. The zero-order valence-electron chi connectivity index (χ0n) is 13.5. The summed E-state index contributed by atoms with van der Waals surface area (Å²) in [6.45, 7) is 9.29. The van der Waals surface area contributed by atoms with Gasteiger partial charge >= 0.3 is 0 Å². The Morgan fingerprint density at radius 1 is 0.880 bits per heavy atom. The van der Waals surface area contributed by atoms with E-state index in [0.717, 1.165) is 43.6 Å². The summed E-state index contributed by atoms with van der Waals surface area (Å²) in [6, 6.07) is 15.8. The third-order valence-corrected chi connectivity index (χ3v) is 4.85. The first-order chi connectivity index (χ1) is 12.2. The Labute approximate surface area is 142 Å². The van der Waals surface area contributed by atoms with Gasteiger partial charge in [0.2, 0.25) is 5.69 Å². The number of rotatable bonds is 1. The van der Waals surface area contributed by atoms with Gasteiger partial charge in [0, 0.05) is 32.8 Å². The number of aromatic nitrogens is 2. The van der Waals surface area contributed by atoms with Crippen LogP contribution >= 0.6 is 0 Å². The van der Waals surface area contributed by atoms with Gasteiger partial charge in [0.15, 0.2) is 0 Å². The summed E-state index contributed by atoms with van der Waals surface area (Å²) in [6.07, 6.45) is 0. The zero-order valence-corrected chi connectivity index (χ0v) is 13.5. The second-order valence-corrected chi connectivity index (χ2v) is 6.23. The number of carbonyl (C=O) groups is 1. The van der Waals surface area contributed by atoms with Crippen molar-refractivity contribution in [2.24, 2.45) is 0 Å². The van der Waals surface area contributed by atoms with Gasteiger partial charge in [0.25, 0.3) is 0 Å². The molecule has 0 unspecified atom stereocenters. The van der Waals surface area contributed by atoms with E-state index in [1.807, 2.05) is 48.5 Å². The molecule has 4 nitrogen and oxygen atoms in total. The van der Waals surface area contributed by atoms with Crippen LogP contribution in [0.2, 0.25) is 0 Å². The predicted octanol–water partition coefficient (Wildman–Crippen LogP) is 5.71. The fraction of sp³-hybridized carbons (Fsp3) is 0.0476. The Hall–Kier alpha value is -3.58. The molecule has 0 atom stereocenters. The number of aromatic amines is 2. The number of Topliss-reactive ketones (excluding diaryl/α,β-unsaturated/α-hetero) is 1. The average molecular weight is 323 g/mol. The quantitative estimate of drug-likeness (QED) is 0.301. The first-order valence-corrected chi connectivity index (χ1v) is 8.06. The molecule has 25 heavy (non-hydrogen) atoms. The number of carbonyl (C=O) groups excluding carboxylic acids is 1. The lowest BCUT2D eigenvalue weighted by Crippen LogP contribution is -1.94. The third kappa shape index (κ3) is 1.67. The number of H-pyrrole nitrogens is 2. The first-order valence-electron chi connectivity index (χ1n) is 8.06. The van der Waals surface area contributed by atoms with Gasteiger partial charge in [-0.25, -0.2) is 4.85 Å². The third-order valence-electron chi connectivity index (χ3n) is 4.85. The number of benzene rings is 3. The molecular weight excluding hydrogens is 310 g/mol. The summed E-state index contributed by atoms with van der Waals surface area (Å²) in [5.74, 6) is -0.0899. The molecule has 5 rings (SSSR count). The highest BCUT2D eigenvalue weighted by Crippen LogP contribution is 2.44. The number of hydrogen-bond acceptors (Lipinski definition) is 1. The second kappa shape index (κ2) is 4.71. The summed E-state index contributed by atoms with van der Waals surface area (Å²) < 4.78 is 0. The van der Waals surface area contributed by atoms with Crippen molar-refractivity contribution in [3.63, 3.8) is 0 Å². The molecule has 4 heteroatoms. The van der Waals surface area contributed by atoms with Crippen LogP contribution in [-0.4, -0.2) is 15.8 Å². The van der Waals surface area contributed by atoms with Crippen molar-refractivity contribution >= 4 is 55.1 Å². The normalized spacial score (nSPS) is 11.5. The molecule has 0 radical (unpaired) electrons. The molecule has 0 saturated heterocycles. The van der Waals surface area contributed by atoms with Crippen LogP contribution < -0.4 is 0 Å². The molecular formula is C21H13N3O. The van der Waals surface area contributed by atoms with Crippen LogP contribution in [0.1, 0.15) is 17.3 Å². The minimum atomic E-state index is -0.0899. The molecule has 0 aliphatic rings. The fourth-order valence-electron chi connectivity index (χ4n) is 3.86. The predicted molar refractivity (Wildman–Crippen MR) is 101 cm³/mol. The highest BCUT2D eigenvalue weighted by molar-refractivity contribution is 6.32. The minimum Gasteiger partial charge on any atom is -0.354 e. The maximum atomic E-state index is 12.5. The molecule has 5 aromatic rings. The van der Waals surface area contributed by atoms with Crippen molar-refractivity contribution in [3.05, 3.63) is 65.5 Å². The summed E-state index contributed by atoms with van der Waals surface area (Å²) in [5, 5.41) is 3.57. The van der Waals surface area contributed by atoms with Crippen LogP contribution in [0.3, 0.4) is 0 Å². The van der Waals surface area contributed by atoms with Crippen molar-refractivity contribution in [2.75, 3.05) is 0 Å². The van der Waals surface area contributed by atoms with Crippen molar-refractivity contribution in [1.29, 1.82) is 0 Å². The van der Waals surface area contributed by atoms with Crippen LogP contribution in [0.5, 0.6) is 0 Å². The largest absolute Gasteiger partial charge is 0.354 e. The molecule has 3 aromatic carbocycles. The molecule has 2 aromatic heterocycles. The highest BCUT2D eigenvalue weighted by Gasteiger charge is 2.23. The number of nitrogens with zero attached hydrogens (tertiary/aromatic N) is 1. The van der Waals surface area contributed by atoms with E-state index in [0.29, 0.717) is 11.3 Å². The Bertz CT molecular complexity index is 1380. The number of para-hydroxylation sites is 2. The molecule has 0 fully saturated rings. The highest BCUT2D eigenvalue weighted by atomic mass is 16.1. The number of hydrogen-bond donors (Lipinski definition) is 2. The van der Waals surface area contributed by atoms with Crippen molar-refractivity contribution in [2.45, 2.75) is 6.92 Å². The van der Waals surface area contributed by atoms with Gasteiger partial charge in [-0.1, -0.05) is 36.4 Å². The van der Waals surface area contributed by atoms with Gasteiger partial charge in [-0.2, -0.15) is 0 Å². The Morgan fingerprint density at radius 2 is 1.40 bits per heavy atom. The van der Waals surface area contributed by atoms with Crippen molar-refractivity contribution in [3.8, 4) is 0 Å². The molecule has 0 aliphatic heterocycles. The minimum absolute atomic E-state index is 0.0899. The van der Waals surface area contributed by atoms with E-state index in [1.165, 1.54) is 6.92 Å². The van der Waals surface area contributed by atoms with Crippen LogP contribution in [0, 0.1) is 6.57 Å². The lowest BCUT2D eigenvalue weighted by atomic mass is 9.97. The van der Waals surface area contributed by atoms with Crippen molar-refractivity contribution < 1.29 is 4.79 Å². The van der Waals surface area contributed by atoms with Gasteiger partial charge < -0.3 is 9.97 Å². The lowest BCUT2D eigenvalue weighted by Gasteiger charge is -2.06. The lowest BCUT2D eigenvalue weighted by molar-refractivity contribution is 0.102.